The van der Waals surface area contributed by atoms with Crippen LogP contribution in [0.4, 0.5) is 13.2 Å². The van der Waals surface area contributed by atoms with E-state index >= 15 is 0 Å². The van der Waals surface area contributed by atoms with Gasteiger partial charge in [-0.1, -0.05) is 91.0 Å². The van der Waals surface area contributed by atoms with Crippen molar-refractivity contribution in [2.75, 3.05) is 20.2 Å². The van der Waals surface area contributed by atoms with Gasteiger partial charge in [0.25, 0.3) is 0 Å². The molecule has 1 atom stereocenters. The van der Waals surface area contributed by atoms with Crippen LogP contribution in [0.25, 0.3) is 11.1 Å². The van der Waals surface area contributed by atoms with Crippen molar-refractivity contribution in [2.45, 2.75) is 37.4 Å². The summed E-state index contributed by atoms with van der Waals surface area (Å²) in [6, 6.07) is 29.3. The number of Topliss-reactive ketones (excluding diaryl/α,β-unsaturated/α-hetero) is 1. The number of piperidine rings is 1. The van der Waals surface area contributed by atoms with Crippen LogP contribution in [0.2, 0.25) is 0 Å². The highest BCUT2D eigenvalue weighted by molar-refractivity contribution is 6.03. The van der Waals surface area contributed by atoms with Crippen molar-refractivity contribution < 1.29 is 27.5 Å². The molecule has 1 aliphatic heterocycles. The van der Waals surface area contributed by atoms with Gasteiger partial charge in [0.15, 0.2) is 5.78 Å². The first kappa shape index (κ1) is 29.3. The summed E-state index contributed by atoms with van der Waals surface area (Å²) in [5, 5.41) is 0. The van der Waals surface area contributed by atoms with E-state index in [0.717, 1.165) is 49.2 Å². The molecule has 0 amide bonds. The molecular weight excluding hydrogens is 539 g/mol. The van der Waals surface area contributed by atoms with Crippen LogP contribution in [0.1, 0.15) is 57.4 Å². The van der Waals surface area contributed by atoms with E-state index < -0.39 is 17.8 Å². The summed E-state index contributed by atoms with van der Waals surface area (Å²) in [5.74, 6) is -0.00430. The quantitative estimate of drug-likeness (QED) is 0.159. The zero-order valence-corrected chi connectivity index (χ0v) is 23.3. The maximum Gasteiger partial charge on any atom is 0.416 e. The van der Waals surface area contributed by atoms with E-state index in [1.807, 2.05) is 42.5 Å². The molecule has 0 bridgehead atoms. The maximum absolute atomic E-state index is 13.3. The molecule has 1 aliphatic rings. The van der Waals surface area contributed by atoms with Gasteiger partial charge in [-0.05, 0) is 71.8 Å². The highest BCUT2D eigenvalue weighted by atomic mass is 19.4. The molecule has 4 aromatic carbocycles. The van der Waals surface area contributed by atoms with Crippen LogP contribution < -0.4 is 0 Å². The highest BCUT2D eigenvalue weighted by Gasteiger charge is 2.32. The summed E-state index contributed by atoms with van der Waals surface area (Å²) in [7, 11) is 1.42. The van der Waals surface area contributed by atoms with Gasteiger partial charge >= 0.3 is 12.1 Å². The van der Waals surface area contributed by atoms with Crippen LogP contribution in [0.15, 0.2) is 103 Å². The van der Waals surface area contributed by atoms with Gasteiger partial charge in [-0.15, -0.1) is 0 Å². The first-order chi connectivity index (χ1) is 20.2. The number of alkyl halides is 3. The fourth-order valence-electron chi connectivity index (χ4n) is 5.74. The number of rotatable bonds is 8. The molecule has 0 radical (unpaired) electrons. The Bertz CT molecular complexity index is 1510. The predicted molar refractivity (Wildman–Crippen MR) is 156 cm³/mol. The minimum Gasteiger partial charge on any atom is -0.468 e. The third kappa shape index (κ3) is 6.63. The number of carbonyl (C=O) groups is 2. The molecule has 0 spiro atoms. The summed E-state index contributed by atoms with van der Waals surface area (Å²) in [4.78, 5) is 28.1. The molecular formula is C35H32F3NO3. The normalized spacial score (nSPS) is 15.2. The Labute approximate surface area is 243 Å². The van der Waals surface area contributed by atoms with E-state index in [1.54, 1.807) is 24.3 Å². The molecule has 1 unspecified atom stereocenters. The van der Waals surface area contributed by atoms with Crippen LogP contribution in [0.5, 0.6) is 0 Å². The minimum atomic E-state index is -4.41. The highest BCUT2D eigenvalue weighted by Crippen LogP contribution is 2.34. The molecule has 1 saturated heterocycles. The van der Waals surface area contributed by atoms with Crippen molar-refractivity contribution in [2.24, 2.45) is 0 Å². The van der Waals surface area contributed by atoms with Crippen molar-refractivity contribution in [3.63, 3.8) is 0 Å². The Kier molecular flexibility index (Phi) is 8.88. The van der Waals surface area contributed by atoms with Crippen molar-refractivity contribution in [1.29, 1.82) is 0 Å². The first-order valence-corrected chi connectivity index (χ1v) is 14.0. The SMILES string of the molecule is COC(=O)C(c1ccccc1)N1CCC(c2ccc(CC(=O)c3ccccc3-c3ccc(C(F)(F)F)cc3)cc2)CC1. The average molecular weight is 572 g/mol. The van der Waals surface area contributed by atoms with E-state index in [9.17, 15) is 22.8 Å². The number of carbonyl (C=O) groups excluding carboxylic acids is 2. The second-order valence-electron chi connectivity index (χ2n) is 10.6. The molecule has 4 nitrogen and oxygen atoms in total. The number of hydrogen-bond donors (Lipinski definition) is 0. The summed E-state index contributed by atoms with van der Waals surface area (Å²) < 4.78 is 44.1. The molecule has 0 N–H and O–H groups in total. The zero-order valence-electron chi connectivity index (χ0n) is 23.3. The Morgan fingerprint density at radius 1 is 0.833 bits per heavy atom. The second-order valence-corrected chi connectivity index (χ2v) is 10.6. The van der Waals surface area contributed by atoms with Crippen LogP contribution in [-0.4, -0.2) is 36.9 Å². The lowest BCUT2D eigenvalue weighted by Gasteiger charge is -2.36. The number of ether oxygens (including phenoxy) is 1. The summed E-state index contributed by atoms with van der Waals surface area (Å²) in [5.41, 5.74) is 3.93. The van der Waals surface area contributed by atoms with E-state index in [0.29, 0.717) is 22.6 Å². The maximum atomic E-state index is 13.3. The second kappa shape index (κ2) is 12.7. The number of nitrogens with zero attached hydrogens (tertiary/aromatic N) is 1. The van der Waals surface area contributed by atoms with Gasteiger partial charge in [-0.2, -0.15) is 13.2 Å². The first-order valence-electron chi connectivity index (χ1n) is 14.0. The van der Waals surface area contributed by atoms with E-state index in [4.69, 9.17) is 4.74 Å². The van der Waals surface area contributed by atoms with E-state index in [-0.39, 0.29) is 18.2 Å². The van der Waals surface area contributed by atoms with Gasteiger partial charge in [0.05, 0.1) is 12.7 Å². The molecule has 7 heteroatoms. The Morgan fingerprint density at radius 2 is 1.45 bits per heavy atom. The fourth-order valence-corrected chi connectivity index (χ4v) is 5.74. The van der Waals surface area contributed by atoms with E-state index in [1.165, 1.54) is 24.8 Å². The third-order valence-corrected chi connectivity index (χ3v) is 8.00. The van der Waals surface area contributed by atoms with Crippen molar-refractivity contribution >= 4 is 11.8 Å². The minimum absolute atomic E-state index is 0.0960. The van der Waals surface area contributed by atoms with Gasteiger partial charge < -0.3 is 4.74 Å². The topological polar surface area (TPSA) is 46.6 Å². The molecule has 0 saturated carbocycles. The van der Waals surface area contributed by atoms with Gasteiger partial charge in [0, 0.05) is 12.0 Å². The number of benzene rings is 4. The Hall–Kier alpha value is -4.23. The number of ketones is 1. The summed E-state index contributed by atoms with van der Waals surface area (Å²) >= 11 is 0. The largest absolute Gasteiger partial charge is 0.468 e. The van der Waals surface area contributed by atoms with Crippen LogP contribution in [0, 0.1) is 0 Å². The lowest BCUT2D eigenvalue weighted by Crippen LogP contribution is -2.40. The average Bonchev–Trinajstić information content (AvgIpc) is 3.02. The molecule has 0 aliphatic carbocycles. The predicted octanol–water partition coefficient (Wildman–Crippen LogP) is 7.89. The number of halogens is 3. The number of hydrogen-bond acceptors (Lipinski definition) is 4. The Morgan fingerprint density at radius 3 is 2.07 bits per heavy atom. The van der Waals surface area contributed by atoms with E-state index in [2.05, 4.69) is 17.0 Å². The molecule has 1 heterocycles. The number of esters is 1. The summed E-state index contributed by atoms with van der Waals surface area (Å²) in [6.45, 7) is 1.53. The molecule has 5 rings (SSSR count). The molecule has 216 valence electrons. The van der Waals surface area contributed by atoms with Gasteiger partial charge in [-0.3, -0.25) is 9.69 Å². The summed E-state index contributed by atoms with van der Waals surface area (Å²) in [6.07, 6.45) is -2.42. The lowest BCUT2D eigenvalue weighted by molar-refractivity contribution is -0.148. The number of methoxy groups -OCH3 is 1. The molecule has 42 heavy (non-hydrogen) atoms. The number of likely N-dealkylation sites (tertiary alicyclic amines) is 1. The Balaban J connectivity index is 1.23. The standard InChI is InChI=1S/C35H32F3NO3/c1-42-34(41)33(28-7-3-2-4-8-28)39-21-19-26(20-22-39)25-13-11-24(12-14-25)23-32(40)31-10-6-5-9-30(31)27-15-17-29(18-16-27)35(36,37)38/h2-18,26,33H,19-23H2,1H3. The molecule has 1 fully saturated rings. The van der Waals surface area contributed by atoms with Crippen LogP contribution in [0.3, 0.4) is 0 Å². The molecule has 4 aromatic rings. The van der Waals surface area contributed by atoms with Gasteiger partial charge in [0.2, 0.25) is 0 Å². The van der Waals surface area contributed by atoms with Crippen LogP contribution in [-0.2, 0) is 22.1 Å². The van der Waals surface area contributed by atoms with Crippen molar-refractivity contribution in [1.82, 2.24) is 4.90 Å². The van der Waals surface area contributed by atoms with Crippen molar-refractivity contribution in [3.05, 3.63) is 131 Å². The van der Waals surface area contributed by atoms with Gasteiger partial charge in [-0.25, -0.2) is 4.79 Å². The van der Waals surface area contributed by atoms with Gasteiger partial charge in [0.1, 0.15) is 6.04 Å². The van der Waals surface area contributed by atoms with Crippen molar-refractivity contribution in [3.8, 4) is 11.1 Å². The third-order valence-electron chi connectivity index (χ3n) is 8.00. The smallest absolute Gasteiger partial charge is 0.416 e. The zero-order chi connectivity index (χ0) is 29.7. The van der Waals surface area contributed by atoms with Crippen LogP contribution >= 0.6 is 0 Å². The molecule has 0 aromatic heterocycles. The monoisotopic (exact) mass is 571 g/mol. The lowest BCUT2D eigenvalue weighted by atomic mass is 9.87. The fraction of sp³-hybridized carbons (Fsp3) is 0.257.